The second kappa shape index (κ2) is 9.36. The predicted molar refractivity (Wildman–Crippen MR) is 123 cm³/mol. The summed E-state index contributed by atoms with van der Waals surface area (Å²) in [7, 11) is 0. The van der Waals surface area contributed by atoms with Crippen molar-refractivity contribution in [2.75, 3.05) is 24.0 Å². The van der Waals surface area contributed by atoms with Crippen LogP contribution in [-0.2, 0) is 4.79 Å². The molecule has 4 rings (SSSR count). The fourth-order valence-corrected chi connectivity index (χ4v) is 4.33. The van der Waals surface area contributed by atoms with Crippen molar-refractivity contribution < 1.29 is 9.18 Å². The summed E-state index contributed by atoms with van der Waals surface area (Å²) in [5.41, 5.74) is 7.32. The van der Waals surface area contributed by atoms with E-state index in [-0.39, 0.29) is 11.8 Å². The Hall–Kier alpha value is -2.81. The second-order valence-corrected chi connectivity index (χ2v) is 8.21. The zero-order valence-corrected chi connectivity index (χ0v) is 18.6. The largest absolute Gasteiger partial charge is 0.368 e. The van der Waals surface area contributed by atoms with Crippen LogP contribution in [0.3, 0.4) is 0 Å². The van der Waals surface area contributed by atoms with Crippen molar-refractivity contribution in [3.8, 4) is 22.5 Å². The summed E-state index contributed by atoms with van der Waals surface area (Å²) in [6.45, 7) is 1.09. The standard InChI is InChI=1S/C22H21Cl2FN6O/c23-13-29-22(21(26)32)6-9-31(10-7-22)18-12-28-19(14-1-3-15(25)4-2-14)20(30-18)16-5-8-27-11-17(16)24/h1-5,8,11-12,29H,6-7,9-10,13H2,(H2,26,32). The molecule has 166 valence electrons. The number of carbonyl (C=O) groups is 1. The van der Waals surface area contributed by atoms with Crippen molar-refractivity contribution in [3.63, 3.8) is 0 Å². The Kier molecular flexibility index (Phi) is 6.55. The van der Waals surface area contributed by atoms with E-state index >= 15 is 0 Å². The van der Waals surface area contributed by atoms with Crippen molar-refractivity contribution >= 4 is 34.9 Å². The molecule has 0 unspecified atom stereocenters. The number of anilines is 1. The van der Waals surface area contributed by atoms with Gasteiger partial charge in [0.25, 0.3) is 0 Å². The zero-order valence-electron chi connectivity index (χ0n) is 17.1. The molecule has 10 heteroatoms. The van der Waals surface area contributed by atoms with E-state index in [2.05, 4.69) is 15.3 Å². The first-order valence-corrected chi connectivity index (χ1v) is 10.9. The Morgan fingerprint density at radius 2 is 1.88 bits per heavy atom. The van der Waals surface area contributed by atoms with Crippen LogP contribution in [0.1, 0.15) is 12.8 Å². The van der Waals surface area contributed by atoms with Gasteiger partial charge in [-0.2, -0.15) is 0 Å². The maximum Gasteiger partial charge on any atom is 0.237 e. The van der Waals surface area contributed by atoms with Crippen molar-refractivity contribution in [2.45, 2.75) is 18.4 Å². The monoisotopic (exact) mass is 474 g/mol. The van der Waals surface area contributed by atoms with Gasteiger partial charge < -0.3 is 10.6 Å². The molecule has 0 saturated carbocycles. The summed E-state index contributed by atoms with van der Waals surface area (Å²) in [6.07, 6.45) is 5.82. The molecule has 1 aliphatic heterocycles. The topological polar surface area (TPSA) is 97.0 Å². The molecule has 3 aromatic rings. The summed E-state index contributed by atoms with van der Waals surface area (Å²) in [5, 5.41) is 3.45. The molecule has 0 atom stereocenters. The van der Waals surface area contributed by atoms with Crippen LogP contribution in [-0.4, -0.2) is 45.5 Å². The van der Waals surface area contributed by atoms with Gasteiger partial charge in [-0.15, -0.1) is 11.6 Å². The van der Waals surface area contributed by atoms with Crippen LogP contribution in [0, 0.1) is 5.82 Å². The maximum absolute atomic E-state index is 13.5. The predicted octanol–water partition coefficient (Wildman–Crippen LogP) is 3.61. The summed E-state index contributed by atoms with van der Waals surface area (Å²) < 4.78 is 13.5. The summed E-state index contributed by atoms with van der Waals surface area (Å²) in [6, 6.07) is 7.96. The van der Waals surface area contributed by atoms with Crippen molar-refractivity contribution in [3.05, 3.63) is 59.8 Å². The minimum atomic E-state index is -0.836. The summed E-state index contributed by atoms with van der Waals surface area (Å²) in [4.78, 5) is 27.6. The highest BCUT2D eigenvalue weighted by atomic mass is 35.5. The molecule has 0 spiro atoms. The van der Waals surface area contributed by atoms with Gasteiger partial charge in [-0.25, -0.2) is 9.37 Å². The highest BCUT2D eigenvalue weighted by molar-refractivity contribution is 6.33. The molecule has 7 nitrogen and oxygen atoms in total. The molecule has 0 bridgehead atoms. The highest BCUT2D eigenvalue weighted by Crippen LogP contribution is 2.35. The van der Waals surface area contributed by atoms with Gasteiger partial charge in [-0.1, -0.05) is 11.6 Å². The number of nitrogens with zero attached hydrogens (tertiary/aromatic N) is 4. The molecule has 3 heterocycles. The molecular weight excluding hydrogens is 454 g/mol. The number of nitrogens with two attached hydrogens (primary N) is 1. The number of piperidine rings is 1. The molecule has 1 saturated heterocycles. The molecule has 0 aliphatic carbocycles. The lowest BCUT2D eigenvalue weighted by molar-refractivity contribution is -0.125. The van der Waals surface area contributed by atoms with Crippen LogP contribution >= 0.6 is 23.2 Å². The van der Waals surface area contributed by atoms with Gasteiger partial charge in [0.15, 0.2) is 0 Å². The van der Waals surface area contributed by atoms with Gasteiger partial charge in [-0.3, -0.25) is 20.1 Å². The van der Waals surface area contributed by atoms with E-state index in [1.807, 2.05) is 4.90 Å². The fraction of sp³-hybridized carbons (Fsp3) is 0.273. The van der Waals surface area contributed by atoms with Crippen molar-refractivity contribution in [1.82, 2.24) is 20.3 Å². The van der Waals surface area contributed by atoms with Gasteiger partial charge in [-0.05, 0) is 43.2 Å². The van der Waals surface area contributed by atoms with Crippen LogP contribution in [0.25, 0.3) is 22.5 Å². The first kappa shape index (κ1) is 22.4. The number of pyridine rings is 1. The minimum Gasteiger partial charge on any atom is -0.368 e. The van der Waals surface area contributed by atoms with Crippen molar-refractivity contribution in [2.24, 2.45) is 5.73 Å². The Bertz CT molecular complexity index is 1120. The highest BCUT2D eigenvalue weighted by Gasteiger charge is 2.39. The van der Waals surface area contributed by atoms with Gasteiger partial charge in [0, 0.05) is 36.6 Å². The van der Waals surface area contributed by atoms with Gasteiger partial charge in [0.05, 0.1) is 22.9 Å². The van der Waals surface area contributed by atoms with E-state index in [1.54, 1.807) is 36.8 Å². The summed E-state index contributed by atoms with van der Waals surface area (Å²) >= 11 is 12.2. The van der Waals surface area contributed by atoms with Gasteiger partial charge in [0.2, 0.25) is 5.91 Å². The minimum absolute atomic E-state index is 0.139. The number of hydrogen-bond donors (Lipinski definition) is 2. The first-order chi connectivity index (χ1) is 15.4. The molecular formula is C22H21Cl2FN6O. The third kappa shape index (κ3) is 4.39. The maximum atomic E-state index is 13.5. The number of primary amides is 1. The Morgan fingerprint density at radius 1 is 1.16 bits per heavy atom. The molecule has 1 aromatic carbocycles. The van der Waals surface area contributed by atoms with Crippen LogP contribution < -0.4 is 16.0 Å². The van der Waals surface area contributed by atoms with E-state index in [9.17, 15) is 9.18 Å². The number of aromatic nitrogens is 3. The number of nitrogens with one attached hydrogen (secondary N) is 1. The van der Waals surface area contributed by atoms with Crippen LogP contribution in [0.2, 0.25) is 5.02 Å². The second-order valence-electron chi connectivity index (χ2n) is 7.53. The lowest BCUT2D eigenvalue weighted by atomic mass is 9.87. The number of benzene rings is 1. The first-order valence-electron chi connectivity index (χ1n) is 10.0. The summed E-state index contributed by atoms with van der Waals surface area (Å²) in [5.74, 6) is -0.110. The molecule has 32 heavy (non-hydrogen) atoms. The lowest BCUT2D eigenvalue weighted by Crippen LogP contribution is -2.60. The van der Waals surface area contributed by atoms with Crippen molar-refractivity contribution in [1.29, 1.82) is 0 Å². The van der Waals surface area contributed by atoms with E-state index in [4.69, 9.17) is 33.9 Å². The molecule has 2 aromatic heterocycles. The fourth-order valence-electron chi connectivity index (χ4n) is 3.86. The van der Waals surface area contributed by atoms with E-state index < -0.39 is 11.4 Å². The number of hydrogen-bond acceptors (Lipinski definition) is 6. The normalized spacial score (nSPS) is 15.5. The number of halogens is 3. The molecule has 0 radical (unpaired) electrons. The Labute approximate surface area is 194 Å². The van der Waals surface area contributed by atoms with Gasteiger partial charge in [0.1, 0.15) is 22.9 Å². The van der Waals surface area contributed by atoms with Crippen LogP contribution in [0.15, 0.2) is 48.9 Å². The molecule has 1 amide bonds. The van der Waals surface area contributed by atoms with E-state index in [1.165, 1.54) is 12.1 Å². The third-order valence-electron chi connectivity index (χ3n) is 5.72. The zero-order chi connectivity index (χ0) is 22.7. The smallest absolute Gasteiger partial charge is 0.237 e. The third-order valence-corrected chi connectivity index (χ3v) is 6.16. The van der Waals surface area contributed by atoms with E-state index in [0.29, 0.717) is 59.3 Å². The average Bonchev–Trinajstić information content (AvgIpc) is 2.80. The molecule has 1 fully saturated rings. The number of rotatable bonds is 6. The van der Waals surface area contributed by atoms with Crippen LogP contribution in [0.4, 0.5) is 10.2 Å². The number of carbonyl (C=O) groups excluding carboxylic acids is 1. The number of amides is 1. The number of alkyl halides is 1. The van der Waals surface area contributed by atoms with E-state index in [0.717, 1.165) is 0 Å². The lowest BCUT2D eigenvalue weighted by Gasteiger charge is -2.40. The Morgan fingerprint density at radius 3 is 2.50 bits per heavy atom. The van der Waals surface area contributed by atoms with Gasteiger partial charge >= 0.3 is 0 Å². The average molecular weight is 475 g/mol. The Balaban J connectivity index is 1.71. The van der Waals surface area contributed by atoms with Crippen LogP contribution in [0.5, 0.6) is 0 Å². The SMILES string of the molecule is NC(=O)C1(NCCl)CCN(c2cnc(-c3ccc(F)cc3)c(-c3ccncc3Cl)n2)CC1. The quantitative estimate of drug-likeness (QED) is 0.418. The molecule has 1 aliphatic rings. The molecule has 3 N–H and O–H groups in total.